The molecule has 0 spiro atoms. The van der Waals surface area contributed by atoms with Crippen molar-refractivity contribution in [3.8, 4) is 5.75 Å². The van der Waals surface area contributed by atoms with Gasteiger partial charge in [-0.2, -0.15) is 0 Å². The molecule has 0 saturated heterocycles. The highest BCUT2D eigenvalue weighted by Gasteiger charge is 2.16. The van der Waals surface area contributed by atoms with Crippen LogP contribution in [0.1, 0.15) is 19.4 Å². The number of carbonyl (C=O) groups excluding carboxylic acids is 2. The molecule has 0 bridgehead atoms. The van der Waals surface area contributed by atoms with Crippen LogP contribution in [0.3, 0.4) is 0 Å². The van der Waals surface area contributed by atoms with E-state index in [9.17, 15) is 9.59 Å². The van der Waals surface area contributed by atoms with Crippen LogP contribution in [-0.4, -0.2) is 23.7 Å². The molecule has 0 aliphatic carbocycles. The summed E-state index contributed by atoms with van der Waals surface area (Å²) in [6.07, 6.45) is 0.272. The van der Waals surface area contributed by atoms with Crippen molar-refractivity contribution in [2.45, 2.75) is 30.4 Å². The summed E-state index contributed by atoms with van der Waals surface area (Å²) in [4.78, 5) is 25.8. The summed E-state index contributed by atoms with van der Waals surface area (Å²) in [5.41, 5.74) is 2.26. The lowest BCUT2D eigenvalue weighted by Gasteiger charge is -2.15. The van der Waals surface area contributed by atoms with Crippen LogP contribution in [0.15, 0.2) is 77.7 Å². The van der Waals surface area contributed by atoms with Crippen LogP contribution in [0, 0.1) is 0 Å². The molecule has 2 amide bonds. The second-order valence-corrected chi connectivity index (χ2v) is 8.90. The summed E-state index contributed by atoms with van der Waals surface area (Å²) in [5.74, 6) is 0.440. The number of benzene rings is 3. The van der Waals surface area contributed by atoms with E-state index in [4.69, 9.17) is 16.3 Å². The Morgan fingerprint density at radius 1 is 0.969 bits per heavy atom. The second-order valence-electron chi connectivity index (χ2n) is 7.05. The van der Waals surface area contributed by atoms with E-state index in [0.717, 1.165) is 10.5 Å². The Morgan fingerprint density at radius 2 is 1.66 bits per heavy atom. The van der Waals surface area contributed by atoms with Gasteiger partial charge >= 0.3 is 0 Å². The van der Waals surface area contributed by atoms with Crippen LogP contribution in [0.2, 0.25) is 5.02 Å². The maximum absolute atomic E-state index is 12.6. The summed E-state index contributed by atoms with van der Waals surface area (Å²) in [6.45, 7) is 4.28. The van der Waals surface area contributed by atoms with Gasteiger partial charge in [0, 0.05) is 15.6 Å². The largest absolute Gasteiger partial charge is 0.492 e. The molecule has 1 atom stereocenters. The van der Waals surface area contributed by atoms with Gasteiger partial charge in [0.1, 0.15) is 5.75 Å². The first kappa shape index (κ1) is 23.7. The molecular formula is C25H25ClN2O3S. The van der Waals surface area contributed by atoms with Gasteiger partial charge < -0.3 is 15.4 Å². The van der Waals surface area contributed by atoms with Crippen LogP contribution in [0.4, 0.5) is 11.4 Å². The van der Waals surface area contributed by atoms with Gasteiger partial charge in [-0.3, -0.25) is 9.59 Å². The Balaban J connectivity index is 1.52. The molecule has 0 radical (unpaired) electrons. The third kappa shape index (κ3) is 7.04. The third-order valence-corrected chi connectivity index (χ3v) is 5.91. The van der Waals surface area contributed by atoms with Gasteiger partial charge in [-0.25, -0.2) is 0 Å². The van der Waals surface area contributed by atoms with Crippen molar-refractivity contribution >= 4 is 46.6 Å². The molecule has 32 heavy (non-hydrogen) atoms. The standard InChI is InChI=1S/C25H25ClN2O3S/c1-3-31-23-7-5-4-6-22(23)28-25(30)17(2)32-21-14-12-20(13-15-21)27-24(29)16-18-8-10-19(26)11-9-18/h4-15,17H,3,16H2,1-2H3,(H,27,29)(H,28,30). The van der Waals surface area contributed by atoms with E-state index >= 15 is 0 Å². The van der Waals surface area contributed by atoms with Crippen molar-refractivity contribution in [1.82, 2.24) is 0 Å². The Hall–Kier alpha value is -2.96. The predicted molar refractivity (Wildman–Crippen MR) is 132 cm³/mol. The van der Waals surface area contributed by atoms with E-state index in [0.29, 0.717) is 28.8 Å². The molecule has 0 fully saturated rings. The molecule has 1 unspecified atom stereocenters. The maximum Gasteiger partial charge on any atom is 0.237 e. The molecule has 3 aromatic rings. The lowest BCUT2D eigenvalue weighted by molar-refractivity contribution is -0.116. The molecule has 2 N–H and O–H groups in total. The Labute approximate surface area is 197 Å². The van der Waals surface area contributed by atoms with Crippen LogP contribution < -0.4 is 15.4 Å². The number of carbonyl (C=O) groups is 2. The molecule has 3 aromatic carbocycles. The number of para-hydroxylation sites is 2. The second kappa shape index (κ2) is 11.6. The Kier molecular flexibility index (Phi) is 8.59. The van der Waals surface area contributed by atoms with Crippen molar-refractivity contribution in [2.75, 3.05) is 17.2 Å². The first-order chi connectivity index (χ1) is 15.4. The fourth-order valence-electron chi connectivity index (χ4n) is 2.95. The molecule has 7 heteroatoms. The topological polar surface area (TPSA) is 67.4 Å². The molecule has 0 aliphatic heterocycles. The van der Waals surface area contributed by atoms with E-state index in [-0.39, 0.29) is 23.5 Å². The fourth-order valence-corrected chi connectivity index (χ4v) is 3.95. The highest BCUT2D eigenvalue weighted by Crippen LogP contribution is 2.28. The van der Waals surface area contributed by atoms with Crippen LogP contribution in [0.5, 0.6) is 5.75 Å². The number of ether oxygens (including phenoxy) is 1. The predicted octanol–water partition coefficient (Wildman–Crippen LogP) is 6.04. The molecule has 0 saturated carbocycles. The van der Waals surface area contributed by atoms with Gasteiger partial charge in [-0.05, 0) is 67.9 Å². The number of halogens is 1. The van der Waals surface area contributed by atoms with Gasteiger partial charge in [0.05, 0.1) is 24.0 Å². The molecule has 3 rings (SSSR count). The number of hydrogen-bond acceptors (Lipinski definition) is 4. The van der Waals surface area contributed by atoms with Crippen LogP contribution >= 0.6 is 23.4 Å². The zero-order chi connectivity index (χ0) is 22.9. The molecule has 0 aromatic heterocycles. The summed E-state index contributed by atoms with van der Waals surface area (Å²) >= 11 is 7.32. The van der Waals surface area contributed by atoms with Gasteiger partial charge in [-0.15, -0.1) is 11.8 Å². The third-order valence-electron chi connectivity index (χ3n) is 4.54. The molecule has 0 aliphatic rings. The van der Waals surface area contributed by atoms with E-state index in [1.165, 1.54) is 11.8 Å². The highest BCUT2D eigenvalue weighted by atomic mass is 35.5. The van der Waals surface area contributed by atoms with Crippen LogP contribution in [-0.2, 0) is 16.0 Å². The minimum atomic E-state index is -0.310. The van der Waals surface area contributed by atoms with E-state index in [1.54, 1.807) is 12.1 Å². The van der Waals surface area contributed by atoms with Gasteiger partial charge in [0.25, 0.3) is 0 Å². The van der Waals surface area contributed by atoms with E-state index in [1.807, 2.05) is 74.5 Å². The zero-order valence-corrected chi connectivity index (χ0v) is 19.5. The van der Waals surface area contributed by atoms with Crippen molar-refractivity contribution in [2.24, 2.45) is 0 Å². The lowest BCUT2D eigenvalue weighted by Crippen LogP contribution is -2.22. The van der Waals surface area contributed by atoms with Crippen LogP contribution in [0.25, 0.3) is 0 Å². The highest BCUT2D eigenvalue weighted by molar-refractivity contribution is 8.00. The quantitative estimate of drug-likeness (QED) is 0.376. The van der Waals surface area contributed by atoms with Crippen molar-refractivity contribution in [3.05, 3.63) is 83.4 Å². The monoisotopic (exact) mass is 468 g/mol. The number of anilines is 2. The number of amides is 2. The summed E-state index contributed by atoms with van der Waals surface area (Å²) in [7, 11) is 0. The minimum absolute atomic E-state index is 0.103. The molecule has 0 heterocycles. The average Bonchev–Trinajstić information content (AvgIpc) is 2.78. The number of thioether (sulfide) groups is 1. The Morgan fingerprint density at radius 3 is 2.34 bits per heavy atom. The zero-order valence-electron chi connectivity index (χ0n) is 17.9. The average molecular weight is 469 g/mol. The van der Waals surface area contributed by atoms with E-state index < -0.39 is 0 Å². The minimum Gasteiger partial charge on any atom is -0.492 e. The fraction of sp³-hybridized carbons (Fsp3) is 0.200. The van der Waals surface area contributed by atoms with E-state index in [2.05, 4.69) is 10.6 Å². The first-order valence-corrected chi connectivity index (χ1v) is 11.5. The molecular weight excluding hydrogens is 444 g/mol. The van der Waals surface area contributed by atoms with Crippen molar-refractivity contribution in [1.29, 1.82) is 0 Å². The number of rotatable bonds is 9. The smallest absolute Gasteiger partial charge is 0.237 e. The lowest BCUT2D eigenvalue weighted by atomic mass is 10.1. The normalized spacial score (nSPS) is 11.5. The summed E-state index contributed by atoms with van der Waals surface area (Å²) in [6, 6.07) is 22.0. The molecule has 5 nitrogen and oxygen atoms in total. The summed E-state index contributed by atoms with van der Waals surface area (Å²) in [5, 5.41) is 6.15. The van der Waals surface area contributed by atoms with Crippen molar-refractivity contribution in [3.63, 3.8) is 0 Å². The Bertz CT molecular complexity index is 1060. The van der Waals surface area contributed by atoms with Gasteiger partial charge in [0.2, 0.25) is 11.8 Å². The summed E-state index contributed by atoms with van der Waals surface area (Å²) < 4.78 is 5.56. The number of nitrogens with one attached hydrogen (secondary N) is 2. The first-order valence-electron chi connectivity index (χ1n) is 10.3. The van der Waals surface area contributed by atoms with Gasteiger partial charge in [-0.1, -0.05) is 35.9 Å². The molecule has 166 valence electrons. The SMILES string of the molecule is CCOc1ccccc1NC(=O)C(C)Sc1ccc(NC(=O)Cc2ccc(Cl)cc2)cc1. The van der Waals surface area contributed by atoms with Gasteiger partial charge in [0.15, 0.2) is 0 Å². The van der Waals surface area contributed by atoms with Crippen molar-refractivity contribution < 1.29 is 14.3 Å². The maximum atomic E-state index is 12.6. The number of hydrogen-bond donors (Lipinski definition) is 2.